The highest BCUT2D eigenvalue weighted by atomic mass is 16.5. The first kappa shape index (κ1) is 27.8. The van der Waals surface area contributed by atoms with Gasteiger partial charge in [0.15, 0.2) is 5.82 Å². The van der Waals surface area contributed by atoms with E-state index < -0.39 is 0 Å². The van der Waals surface area contributed by atoms with Gasteiger partial charge in [-0.15, -0.1) is 0 Å². The van der Waals surface area contributed by atoms with Crippen LogP contribution in [0.15, 0.2) is 24.4 Å². The van der Waals surface area contributed by atoms with E-state index in [1.54, 1.807) is 31.3 Å². The third-order valence-corrected chi connectivity index (χ3v) is 9.77. The molecule has 2 N–H and O–H groups in total. The summed E-state index contributed by atoms with van der Waals surface area (Å²) in [6, 6.07) is 6.61. The minimum Gasteiger partial charge on any atom is -0.495 e. The van der Waals surface area contributed by atoms with Crippen molar-refractivity contribution in [3.05, 3.63) is 30.0 Å². The van der Waals surface area contributed by atoms with Crippen molar-refractivity contribution in [1.82, 2.24) is 20.2 Å². The van der Waals surface area contributed by atoms with Gasteiger partial charge >= 0.3 is 0 Å². The van der Waals surface area contributed by atoms with E-state index in [0.29, 0.717) is 53.9 Å². The van der Waals surface area contributed by atoms with Gasteiger partial charge in [-0.25, -0.2) is 4.98 Å². The molecule has 1 saturated heterocycles. The number of rotatable bonds is 6. The first-order valence-electron chi connectivity index (χ1n) is 15.3. The fourth-order valence-corrected chi connectivity index (χ4v) is 7.44. The lowest BCUT2D eigenvalue weighted by Gasteiger charge is -2.46. The summed E-state index contributed by atoms with van der Waals surface area (Å²) in [7, 11) is 5.62. The molecular formula is C31H43N7O3. The molecule has 3 atom stereocenters. The van der Waals surface area contributed by atoms with E-state index in [-0.39, 0.29) is 17.9 Å². The lowest BCUT2D eigenvalue weighted by atomic mass is 9.75. The van der Waals surface area contributed by atoms with Crippen LogP contribution in [0.25, 0.3) is 0 Å². The number of nitrogens with one attached hydrogen (secondary N) is 2. The molecule has 2 aromatic rings. The Hall–Kier alpha value is -3.40. The summed E-state index contributed by atoms with van der Waals surface area (Å²) >= 11 is 0. The molecule has 10 nitrogen and oxygen atoms in total. The number of ether oxygens (including phenoxy) is 1. The molecule has 3 heterocycles. The minimum atomic E-state index is -0.0603. The number of hydrogen-bond donors (Lipinski definition) is 2. The lowest BCUT2D eigenvalue weighted by Crippen LogP contribution is -2.56. The summed E-state index contributed by atoms with van der Waals surface area (Å²) in [5.41, 5.74) is 1.99. The number of carbonyl (C=O) groups excluding carboxylic acids is 2. The number of methoxy groups -OCH3 is 1. The summed E-state index contributed by atoms with van der Waals surface area (Å²) in [6.45, 7) is 1.67. The molecule has 0 spiro atoms. The van der Waals surface area contributed by atoms with Crippen molar-refractivity contribution < 1.29 is 14.3 Å². The van der Waals surface area contributed by atoms with Gasteiger partial charge in [-0.05, 0) is 63.3 Å². The largest absolute Gasteiger partial charge is 0.495 e. The third-order valence-electron chi connectivity index (χ3n) is 9.77. The summed E-state index contributed by atoms with van der Waals surface area (Å²) in [4.78, 5) is 41.9. The number of hydrogen-bond acceptors (Lipinski definition) is 8. The zero-order chi connectivity index (χ0) is 28.5. The van der Waals surface area contributed by atoms with Crippen LogP contribution in [-0.2, 0) is 4.79 Å². The number of fused-ring (bicyclic) bond motifs is 2. The minimum absolute atomic E-state index is 0.0603. The van der Waals surface area contributed by atoms with Crippen LogP contribution in [0.1, 0.15) is 74.6 Å². The van der Waals surface area contributed by atoms with Gasteiger partial charge in [0.1, 0.15) is 11.4 Å². The molecule has 1 aromatic heterocycles. The van der Waals surface area contributed by atoms with Gasteiger partial charge in [0, 0.05) is 50.2 Å². The van der Waals surface area contributed by atoms with Crippen LogP contribution in [0, 0.1) is 5.92 Å². The van der Waals surface area contributed by atoms with Gasteiger partial charge in [0.05, 0.1) is 19.0 Å². The third kappa shape index (κ3) is 5.58. The van der Waals surface area contributed by atoms with E-state index in [1.807, 2.05) is 12.1 Å². The van der Waals surface area contributed by atoms with E-state index in [1.165, 1.54) is 38.5 Å². The fourth-order valence-electron chi connectivity index (χ4n) is 7.44. The molecule has 220 valence electrons. The van der Waals surface area contributed by atoms with E-state index in [4.69, 9.17) is 9.72 Å². The molecule has 1 aromatic carbocycles. The van der Waals surface area contributed by atoms with Crippen molar-refractivity contribution in [2.45, 2.75) is 82.3 Å². The Bertz CT molecular complexity index is 1280. The molecule has 3 fully saturated rings. The fraction of sp³-hybridized carbons (Fsp3) is 0.613. The van der Waals surface area contributed by atoms with Crippen LogP contribution >= 0.6 is 0 Å². The molecular weight excluding hydrogens is 518 g/mol. The monoisotopic (exact) mass is 561 g/mol. The summed E-state index contributed by atoms with van der Waals surface area (Å²) in [5.74, 6) is 2.30. The van der Waals surface area contributed by atoms with Crippen LogP contribution in [0.2, 0.25) is 0 Å². The quantitative estimate of drug-likeness (QED) is 0.537. The molecule has 6 rings (SSSR count). The Morgan fingerprint density at radius 3 is 2.61 bits per heavy atom. The Morgan fingerprint density at radius 2 is 1.80 bits per heavy atom. The second kappa shape index (κ2) is 11.8. The average molecular weight is 562 g/mol. The Morgan fingerprint density at radius 1 is 1.02 bits per heavy atom. The SMILES string of the molecule is COc1cc(C(=O)NC2CCN(C)C3CCCCC23)ccc1Nc1ncc2c(n1)N(C1CCCC1)CCC(=O)N2C. The van der Waals surface area contributed by atoms with Gasteiger partial charge in [0.25, 0.3) is 5.91 Å². The zero-order valence-corrected chi connectivity index (χ0v) is 24.6. The lowest BCUT2D eigenvalue weighted by molar-refractivity contribution is -0.118. The highest BCUT2D eigenvalue weighted by Gasteiger charge is 2.38. The maximum atomic E-state index is 13.4. The second-order valence-electron chi connectivity index (χ2n) is 12.1. The van der Waals surface area contributed by atoms with Crippen molar-refractivity contribution in [3.8, 4) is 5.75 Å². The summed E-state index contributed by atoms with van der Waals surface area (Å²) < 4.78 is 5.70. The molecule has 0 radical (unpaired) electrons. The van der Waals surface area contributed by atoms with Crippen molar-refractivity contribution in [3.63, 3.8) is 0 Å². The van der Waals surface area contributed by atoms with Crippen LogP contribution in [0.3, 0.4) is 0 Å². The molecule has 2 amide bonds. The number of benzene rings is 1. The number of likely N-dealkylation sites (tertiary alicyclic amines) is 1. The van der Waals surface area contributed by atoms with Crippen molar-refractivity contribution in [2.75, 3.05) is 49.4 Å². The van der Waals surface area contributed by atoms with E-state index in [2.05, 4.69) is 32.5 Å². The standard InChI is InChI=1S/C31H43N7O3/c1-36-16-14-23(22-10-6-7-11-25(22)36)33-30(40)20-12-13-24(27(18-20)41-3)34-31-32-19-26-29(35-31)38(21-8-4-5-9-21)17-15-28(39)37(26)2/h12-13,18-19,21-23,25H,4-11,14-17H2,1-3H3,(H,33,40)(H,32,34,35). The van der Waals surface area contributed by atoms with E-state index in [9.17, 15) is 9.59 Å². The first-order chi connectivity index (χ1) is 19.9. The summed E-state index contributed by atoms with van der Waals surface area (Å²) in [6.07, 6.45) is 12.7. The maximum absolute atomic E-state index is 13.4. The van der Waals surface area contributed by atoms with Gasteiger partial charge in [0.2, 0.25) is 11.9 Å². The molecule has 2 aliphatic carbocycles. The van der Waals surface area contributed by atoms with Gasteiger partial charge < -0.3 is 30.1 Å². The number of anilines is 4. The van der Waals surface area contributed by atoms with Crippen LogP contribution in [0.4, 0.5) is 23.1 Å². The van der Waals surface area contributed by atoms with Gasteiger partial charge in [-0.3, -0.25) is 9.59 Å². The number of nitrogens with zero attached hydrogens (tertiary/aromatic N) is 5. The van der Waals surface area contributed by atoms with E-state index >= 15 is 0 Å². The number of aromatic nitrogens is 2. The maximum Gasteiger partial charge on any atom is 0.251 e. The predicted octanol–water partition coefficient (Wildman–Crippen LogP) is 4.34. The highest BCUT2D eigenvalue weighted by Crippen LogP contribution is 2.38. The van der Waals surface area contributed by atoms with Crippen LogP contribution < -0.4 is 25.2 Å². The second-order valence-corrected chi connectivity index (χ2v) is 12.1. The number of piperidine rings is 1. The van der Waals surface area contributed by atoms with Crippen LogP contribution in [-0.4, -0.2) is 79.1 Å². The van der Waals surface area contributed by atoms with E-state index in [0.717, 1.165) is 37.3 Å². The normalized spacial score (nSPS) is 25.3. The van der Waals surface area contributed by atoms with Crippen molar-refractivity contribution >= 4 is 35.0 Å². The smallest absolute Gasteiger partial charge is 0.251 e. The Balaban J connectivity index is 1.20. The predicted molar refractivity (Wildman–Crippen MR) is 160 cm³/mol. The zero-order valence-electron chi connectivity index (χ0n) is 24.6. The summed E-state index contributed by atoms with van der Waals surface area (Å²) in [5, 5.41) is 6.66. The molecule has 2 aliphatic heterocycles. The first-order valence-corrected chi connectivity index (χ1v) is 15.3. The van der Waals surface area contributed by atoms with Crippen molar-refractivity contribution in [1.29, 1.82) is 0 Å². The Kier molecular flexibility index (Phi) is 8.01. The number of carbonyl (C=O) groups is 2. The molecule has 2 saturated carbocycles. The van der Waals surface area contributed by atoms with Gasteiger partial charge in [-0.1, -0.05) is 25.7 Å². The topological polar surface area (TPSA) is 103 Å². The molecule has 41 heavy (non-hydrogen) atoms. The average Bonchev–Trinajstić information content (AvgIpc) is 3.50. The molecule has 10 heteroatoms. The molecule has 3 unspecified atom stereocenters. The number of amides is 2. The van der Waals surface area contributed by atoms with Gasteiger partial charge in [-0.2, -0.15) is 4.98 Å². The molecule has 4 aliphatic rings. The van der Waals surface area contributed by atoms with Crippen LogP contribution in [0.5, 0.6) is 5.75 Å². The molecule has 0 bridgehead atoms. The van der Waals surface area contributed by atoms with Crippen molar-refractivity contribution in [2.24, 2.45) is 5.92 Å². The Labute approximate surface area is 242 Å². The highest BCUT2D eigenvalue weighted by molar-refractivity contribution is 5.97.